The lowest BCUT2D eigenvalue weighted by molar-refractivity contribution is 0.0388. The van der Waals surface area contributed by atoms with Crippen molar-refractivity contribution in [3.8, 4) is 0 Å². The Kier molecular flexibility index (Phi) is 8.10. The van der Waals surface area contributed by atoms with Gasteiger partial charge in [0.1, 0.15) is 6.61 Å². The van der Waals surface area contributed by atoms with Crippen molar-refractivity contribution in [1.82, 2.24) is 5.32 Å². The number of rotatable bonds is 10. The lowest BCUT2D eigenvalue weighted by atomic mass is 10.0. The lowest BCUT2D eigenvalue weighted by Gasteiger charge is -2.30. The summed E-state index contributed by atoms with van der Waals surface area (Å²) < 4.78 is 5.43. The first-order valence-corrected chi connectivity index (χ1v) is 8.64. The Labute approximate surface area is 140 Å². The first kappa shape index (κ1) is 19.5. The van der Waals surface area contributed by atoms with E-state index in [0.717, 1.165) is 6.42 Å². The van der Waals surface area contributed by atoms with E-state index in [9.17, 15) is 4.79 Å². The summed E-state index contributed by atoms with van der Waals surface area (Å²) in [6.45, 7) is 8.88. The maximum absolute atomic E-state index is 12.0. The number of carbonyl (C=O) groups is 1. The predicted molar refractivity (Wildman–Crippen MR) is 96.6 cm³/mol. The Morgan fingerprint density at radius 1 is 1.22 bits per heavy atom. The molecule has 3 N–H and O–H groups in total. The molecule has 1 atom stereocenters. The van der Waals surface area contributed by atoms with Gasteiger partial charge in [0, 0.05) is 17.3 Å². The van der Waals surface area contributed by atoms with Gasteiger partial charge in [-0.25, -0.2) is 4.79 Å². The van der Waals surface area contributed by atoms with E-state index < -0.39 is 0 Å². The van der Waals surface area contributed by atoms with E-state index >= 15 is 0 Å². The summed E-state index contributed by atoms with van der Waals surface area (Å²) in [7, 11) is 0. The van der Waals surface area contributed by atoms with Gasteiger partial charge >= 0.3 is 5.97 Å². The molecule has 0 aliphatic rings. The average molecular weight is 320 g/mol. The Bertz CT molecular complexity index is 469. The highest BCUT2D eigenvalue weighted by Crippen LogP contribution is 2.12. The topological polar surface area (TPSA) is 64.3 Å². The zero-order valence-electron chi connectivity index (χ0n) is 15.0. The second-order valence-corrected chi connectivity index (χ2v) is 6.98. The van der Waals surface area contributed by atoms with Crippen LogP contribution in [0.5, 0.6) is 0 Å². The van der Waals surface area contributed by atoms with E-state index in [1.807, 2.05) is 0 Å². The summed E-state index contributed by atoms with van der Waals surface area (Å²) in [5.74, 6) is -0.310. The number of nitrogens with one attached hydrogen (secondary N) is 1. The van der Waals surface area contributed by atoms with Gasteiger partial charge in [0.2, 0.25) is 0 Å². The fraction of sp³-hybridized carbons (Fsp3) is 0.632. The molecule has 0 radical (unpaired) electrons. The van der Waals surface area contributed by atoms with Crippen LogP contribution < -0.4 is 11.1 Å². The highest BCUT2D eigenvalue weighted by atomic mass is 16.5. The van der Waals surface area contributed by atoms with E-state index in [1.165, 1.54) is 25.7 Å². The van der Waals surface area contributed by atoms with Crippen LogP contribution in [0.25, 0.3) is 0 Å². The van der Waals surface area contributed by atoms with Crippen LogP contribution in [0, 0.1) is 0 Å². The molecule has 4 heteroatoms. The largest absolute Gasteiger partial charge is 0.460 e. The number of ether oxygens (including phenoxy) is 1. The third kappa shape index (κ3) is 8.03. The molecule has 130 valence electrons. The highest BCUT2D eigenvalue weighted by molar-refractivity contribution is 5.89. The molecular formula is C19H32N2O2. The molecule has 0 saturated carbocycles. The Balaban J connectivity index is 2.36. The quantitative estimate of drug-likeness (QED) is 0.386. The van der Waals surface area contributed by atoms with E-state index in [0.29, 0.717) is 23.9 Å². The lowest BCUT2D eigenvalue weighted by Crippen LogP contribution is -2.48. The van der Waals surface area contributed by atoms with Gasteiger partial charge in [0.25, 0.3) is 0 Å². The molecule has 1 aromatic carbocycles. The third-order valence-corrected chi connectivity index (χ3v) is 3.84. The van der Waals surface area contributed by atoms with Crippen molar-refractivity contribution >= 4 is 11.7 Å². The SMILES string of the molecule is CCCCCCC(C)NC(C)(C)COC(=O)c1ccc(N)cc1. The first-order valence-electron chi connectivity index (χ1n) is 8.64. The number of esters is 1. The molecule has 1 rings (SSSR count). The standard InChI is InChI=1S/C19H32N2O2/c1-5-6-7-8-9-15(2)21-19(3,4)14-23-18(22)16-10-12-17(20)13-11-16/h10-13,15,21H,5-9,14,20H2,1-4H3. The minimum Gasteiger partial charge on any atom is -0.460 e. The third-order valence-electron chi connectivity index (χ3n) is 3.84. The van der Waals surface area contributed by atoms with E-state index in [-0.39, 0.29) is 11.5 Å². The summed E-state index contributed by atoms with van der Waals surface area (Å²) in [6, 6.07) is 7.21. The van der Waals surface area contributed by atoms with Gasteiger partial charge in [-0.15, -0.1) is 0 Å². The van der Waals surface area contributed by atoms with Crippen molar-refractivity contribution < 1.29 is 9.53 Å². The first-order chi connectivity index (χ1) is 10.8. The highest BCUT2D eigenvalue weighted by Gasteiger charge is 2.22. The van der Waals surface area contributed by atoms with Crippen molar-refractivity contribution in [3.63, 3.8) is 0 Å². The molecule has 0 saturated heterocycles. The summed E-state index contributed by atoms with van der Waals surface area (Å²) in [5, 5.41) is 3.55. The molecule has 0 aliphatic heterocycles. The number of benzene rings is 1. The van der Waals surface area contributed by atoms with Gasteiger partial charge < -0.3 is 15.8 Å². The maximum Gasteiger partial charge on any atom is 0.338 e. The number of anilines is 1. The molecular weight excluding hydrogens is 288 g/mol. The van der Waals surface area contributed by atoms with Gasteiger partial charge in [-0.1, -0.05) is 32.6 Å². The maximum atomic E-state index is 12.0. The molecule has 0 aliphatic carbocycles. The number of hydrogen-bond acceptors (Lipinski definition) is 4. The van der Waals surface area contributed by atoms with Gasteiger partial charge in [0.05, 0.1) is 5.56 Å². The van der Waals surface area contributed by atoms with Crippen LogP contribution in [0.15, 0.2) is 24.3 Å². The molecule has 0 fully saturated rings. The van der Waals surface area contributed by atoms with Crippen LogP contribution >= 0.6 is 0 Å². The number of carbonyl (C=O) groups excluding carboxylic acids is 1. The minimum atomic E-state index is -0.310. The van der Waals surface area contributed by atoms with Crippen LogP contribution in [0.1, 0.15) is 70.2 Å². The van der Waals surface area contributed by atoms with Crippen LogP contribution in [0.4, 0.5) is 5.69 Å². The predicted octanol–water partition coefficient (Wildman–Crippen LogP) is 4.15. The Morgan fingerprint density at radius 3 is 2.48 bits per heavy atom. The monoisotopic (exact) mass is 320 g/mol. The molecule has 0 spiro atoms. The van der Waals surface area contributed by atoms with Crippen molar-refractivity contribution in [2.24, 2.45) is 0 Å². The zero-order valence-corrected chi connectivity index (χ0v) is 15.0. The van der Waals surface area contributed by atoms with Crippen molar-refractivity contribution in [3.05, 3.63) is 29.8 Å². The van der Waals surface area contributed by atoms with Crippen molar-refractivity contribution in [2.45, 2.75) is 71.4 Å². The van der Waals surface area contributed by atoms with Gasteiger partial charge in [-0.2, -0.15) is 0 Å². The number of unbranched alkanes of at least 4 members (excludes halogenated alkanes) is 3. The van der Waals surface area contributed by atoms with E-state index in [1.54, 1.807) is 24.3 Å². The summed E-state index contributed by atoms with van der Waals surface area (Å²) in [5.41, 5.74) is 6.55. The molecule has 0 heterocycles. The fourth-order valence-corrected chi connectivity index (χ4v) is 2.61. The molecule has 0 bridgehead atoms. The molecule has 1 unspecified atom stereocenters. The van der Waals surface area contributed by atoms with Gasteiger partial charge in [-0.3, -0.25) is 0 Å². The second kappa shape index (κ2) is 9.56. The van der Waals surface area contributed by atoms with Crippen molar-refractivity contribution in [1.29, 1.82) is 0 Å². The number of hydrogen-bond donors (Lipinski definition) is 2. The number of nitrogen functional groups attached to an aromatic ring is 1. The van der Waals surface area contributed by atoms with Gasteiger partial charge in [0.15, 0.2) is 0 Å². The summed E-state index contributed by atoms with van der Waals surface area (Å²) in [4.78, 5) is 12.0. The zero-order chi connectivity index (χ0) is 17.3. The normalized spacial score (nSPS) is 12.9. The van der Waals surface area contributed by atoms with Crippen LogP contribution in [0.3, 0.4) is 0 Å². The molecule has 23 heavy (non-hydrogen) atoms. The smallest absolute Gasteiger partial charge is 0.338 e. The van der Waals surface area contributed by atoms with E-state index in [2.05, 4.69) is 33.0 Å². The molecule has 0 amide bonds. The number of nitrogens with two attached hydrogens (primary N) is 1. The summed E-state index contributed by atoms with van der Waals surface area (Å²) in [6.07, 6.45) is 6.23. The fourth-order valence-electron chi connectivity index (χ4n) is 2.61. The Morgan fingerprint density at radius 2 is 1.87 bits per heavy atom. The molecule has 1 aromatic rings. The molecule has 4 nitrogen and oxygen atoms in total. The van der Waals surface area contributed by atoms with Gasteiger partial charge in [-0.05, 0) is 51.5 Å². The summed E-state index contributed by atoms with van der Waals surface area (Å²) >= 11 is 0. The molecule has 0 aromatic heterocycles. The van der Waals surface area contributed by atoms with E-state index in [4.69, 9.17) is 10.5 Å². The average Bonchev–Trinajstić information content (AvgIpc) is 2.49. The van der Waals surface area contributed by atoms with Crippen LogP contribution in [-0.2, 0) is 4.74 Å². The van der Waals surface area contributed by atoms with Crippen molar-refractivity contribution in [2.75, 3.05) is 12.3 Å². The van der Waals surface area contributed by atoms with Crippen LogP contribution in [0.2, 0.25) is 0 Å². The Hall–Kier alpha value is -1.55. The second-order valence-electron chi connectivity index (χ2n) is 6.98. The minimum absolute atomic E-state index is 0.242. The van der Waals surface area contributed by atoms with Crippen LogP contribution in [-0.4, -0.2) is 24.2 Å².